The summed E-state index contributed by atoms with van der Waals surface area (Å²) >= 11 is 0. The van der Waals surface area contributed by atoms with Gasteiger partial charge in [-0.15, -0.1) is 0 Å². The van der Waals surface area contributed by atoms with Gasteiger partial charge in [-0.1, -0.05) is 0 Å². The predicted octanol–water partition coefficient (Wildman–Crippen LogP) is 0.214. The van der Waals surface area contributed by atoms with Gasteiger partial charge in [0.05, 0.1) is 18.2 Å². The summed E-state index contributed by atoms with van der Waals surface area (Å²) in [4.78, 5) is 25.0. The maximum Gasteiger partial charge on any atom is 0.252 e. The normalized spacial score (nSPS) is 30.4. The molecule has 9 heteroatoms. The Hall–Kier alpha value is -2.10. The fourth-order valence-electron chi connectivity index (χ4n) is 5.70. The van der Waals surface area contributed by atoms with Crippen LogP contribution in [0.3, 0.4) is 0 Å². The van der Waals surface area contributed by atoms with E-state index < -0.39 is 0 Å². The highest BCUT2D eigenvalue weighted by Gasteiger charge is 2.62. The molecule has 1 spiro atoms. The van der Waals surface area contributed by atoms with E-state index in [2.05, 4.69) is 25.3 Å². The third kappa shape index (κ3) is 3.70. The Bertz CT molecular complexity index is 916. The molecule has 2 aromatic rings. The number of rotatable bonds is 8. The second-order valence-electron chi connectivity index (χ2n) is 9.38. The Morgan fingerprint density at radius 3 is 3.17 bits per heavy atom. The fourth-order valence-corrected chi connectivity index (χ4v) is 5.70. The first-order valence-corrected chi connectivity index (χ1v) is 11.0. The summed E-state index contributed by atoms with van der Waals surface area (Å²) in [6, 6.07) is 0. The van der Waals surface area contributed by atoms with Crippen LogP contribution in [0.4, 0.5) is 0 Å². The monoisotopic (exact) mass is 413 g/mol. The van der Waals surface area contributed by atoms with E-state index in [-0.39, 0.29) is 11.5 Å². The van der Waals surface area contributed by atoms with E-state index in [4.69, 9.17) is 4.74 Å². The molecule has 0 aromatic carbocycles. The molecule has 2 bridgehead atoms. The van der Waals surface area contributed by atoms with Crippen LogP contribution in [0.25, 0.3) is 5.78 Å². The molecule has 3 aliphatic rings. The van der Waals surface area contributed by atoms with Gasteiger partial charge in [0.2, 0.25) is 5.91 Å². The van der Waals surface area contributed by atoms with Crippen LogP contribution in [-0.2, 0) is 16.0 Å². The number of aromatic nitrogens is 4. The molecule has 0 radical (unpaired) electrons. The summed E-state index contributed by atoms with van der Waals surface area (Å²) in [7, 11) is 3.84. The van der Waals surface area contributed by atoms with Gasteiger partial charge in [0.25, 0.3) is 5.78 Å². The number of nitrogens with one attached hydrogen (secondary N) is 1. The van der Waals surface area contributed by atoms with Crippen molar-refractivity contribution in [2.24, 2.45) is 11.8 Å². The lowest BCUT2D eigenvalue weighted by Crippen LogP contribution is -2.43. The molecule has 9 nitrogen and oxygen atoms in total. The van der Waals surface area contributed by atoms with Crippen LogP contribution in [0, 0.1) is 11.8 Å². The number of amides is 1. The summed E-state index contributed by atoms with van der Waals surface area (Å²) in [6.45, 7) is 4.33. The van der Waals surface area contributed by atoms with Crippen LogP contribution in [-0.4, -0.2) is 93.8 Å². The second kappa shape index (κ2) is 7.86. The zero-order valence-electron chi connectivity index (χ0n) is 17.8. The standard InChI is InChI=1S/C21H31N7O2/c1-26(2)12-19(29)22-9-16-17-11-27(13-21(17)6-5-18(16)30-21)7-3-4-15-8-23-20-24-14-25-28(20)10-15/h8,10,14,16-18H,3-7,9,11-13H2,1-2H3,(H,22,29)/t16-,17+,18+,21+/m0/s1. The van der Waals surface area contributed by atoms with Gasteiger partial charge in [0, 0.05) is 43.9 Å². The fraction of sp³-hybridized carbons (Fsp3) is 0.714. The number of likely N-dealkylation sites (N-methyl/N-ethyl adjacent to an activating group) is 1. The minimum absolute atomic E-state index is 0.0167. The average molecular weight is 414 g/mol. The number of hydrogen-bond donors (Lipinski definition) is 1. The Morgan fingerprint density at radius 2 is 2.30 bits per heavy atom. The zero-order valence-corrected chi connectivity index (χ0v) is 17.8. The molecule has 0 saturated carbocycles. The van der Waals surface area contributed by atoms with Crippen molar-refractivity contribution >= 4 is 11.7 Å². The topological polar surface area (TPSA) is 87.9 Å². The summed E-state index contributed by atoms with van der Waals surface area (Å²) in [5, 5.41) is 7.31. The Balaban J connectivity index is 1.14. The van der Waals surface area contributed by atoms with E-state index in [1.807, 2.05) is 31.4 Å². The number of fused-ring (bicyclic) bond motifs is 2. The number of carbonyl (C=O) groups is 1. The first-order chi connectivity index (χ1) is 14.5. The minimum atomic E-state index is 0.0167. The Kier molecular flexibility index (Phi) is 5.20. The highest BCUT2D eigenvalue weighted by molar-refractivity contribution is 5.77. The Morgan fingerprint density at radius 1 is 1.40 bits per heavy atom. The summed E-state index contributed by atoms with van der Waals surface area (Å²) in [5.74, 6) is 1.71. The number of nitrogens with zero attached hydrogens (tertiary/aromatic N) is 6. The van der Waals surface area contributed by atoms with Crippen molar-refractivity contribution in [3.8, 4) is 0 Å². The van der Waals surface area contributed by atoms with Crippen molar-refractivity contribution in [3.63, 3.8) is 0 Å². The second-order valence-corrected chi connectivity index (χ2v) is 9.38. The van der Waals surface area contributed by atoms with Crippen LogP contribution in [0.2, 0.25) is 0 Å². The van der Waals surface area contributed by atoms with Crippen molar-refractivity contribution in [1.82, 2.24) is 34.7 Å². The molecule has 162 valence electrons. The van der Waals surface area contributed by atoms with Gasteiger partial charge in [0.15, 0.2) is 0 Å². The van der Waals surface area contributed by atoms with Crippen LogP contribution < -0.4 is 5.32 Å². The molecular weight excluding hydrogens is 382 g/mol. The van der Waals surface area contributed by atoms with Crippen molar-refractivity contribution in [2.45, 2.75) is 37.4 Å². The molecule has 1 amide bonds. The molecule has 3 aliphatic heterocycles. The highest BCUT2D eigenvalue weighted by atomic mass is 16.5. The average Bonchev–Trinajstić information content (AvgIpc) is 3.45. The van der Waals surface area contributed by atoms with Gasteiger partial charge >= 0.3 is 0 Å². The molecule has 5 heterocycles. The molecule has 3 fully saturated rings. The molecule has 4 atom stereocenters. The molecule has 5 rings (SSSR count). The van der Waals surface area contributed by atoms with Gasteiger partial charge in [-0.2, -0.15) is 10.1 Å². The Labute approximate surface area is 176 Å². The van der Waals surface area contributed by atoms with Crippen LogP contribution >= 0.6 is 0 Å². The number of likely N-dealkylation sites (tertiary alicyclic amines) is 1. The third-order valence-corrected chi connectivity index (χ3v) is 6.98. The van der Waals surface area contributed by atoms with Gasteiger partial charge in [0.1, 0.15) is 6.33 Å². The lowest BCUT2D eigenvalue weighted by Gasteiger charge is -2.29. The third-order valence-electron chi connectivity index (χ3n) is 6.98. The van der Waals surface area contributed by atoms with Gasteiger partial charge in [-0.05, 0) is 51.9 Å². The van der Waals surface area contributed by atoms with E-state index in [0.717, 1.165) is 51.9 Å². The zero-order chi connectivity index (χ0) is 20.7. The van der Waals surface area contributed by atoms with Gasteiger partial charge in [-0.3, -0.25) is 4.79 Å². The molecule has 1 N–H and O–H groups in total. The summed E-state index contributed by atoms with van der Waals surface area (Å²) < 4.78 is 8.24. The minimum Gasteiger partial charge on any atom is -0.370 e. The largest absolute Gasteiger partial charge is 0.370 e. The molecule has 2 aromatic heterocycles. The number of hydrogen-bond acceptors (Lipinski definition) is 7. The van der Waals surface area contributed by atoms with Crippen LogP contribution in [0.1, 0.15) is 24.8 Å². The molecular formula is C21H31N7O2. The molecule has 30 heavy (non-hydrogen) atoms. The molecule has 3 saturated heterocycles. The maximum absolute atomic E-state index is 12.1. The smallest absolute Gasteiger partial charge is 0.252 e. The first kappa shape index (κ1) is 19.8. The van der Waals surface area contributed by atoms with Gasteiger partial charge < -0.3 is 19.9 Å². The van der Waals surface area contributed by atoms with Crippen molar-refractivity contribution in [2.75, 3.05) is 46.8 Å². The molecule has 0 aliphatic carbocycles. The van der Waals surface area contributed by atoms with E-state index in [1.165, 1.54) is 11.9 Å². The lowest BCUT2D eigenvalue weighted by atomic mass is 9.73. The summed E-state index contributed by atoms with van der Waals surface area (Å²) in [5.41, 5.74) is 1.20. The molecule has 0 unspecified atom stereocenters. The summed E-state index contributed by atoms with van der Waals surface area (Å²) in [6.07, 6.45) is 10.1. The first-order valence-electron chi connectivity index (χ1n) is 11.0. The van der Waals surface area contributed by atoms with E-state index >= 15 is 0 Å². The van der Waals surface area contributed by atoms with Gasteiger partial charge in [-0.25, -0.2) is 9.50 Å². The number of aryl methyl sites for hydroxylation is 1. The van der Waals surface area contributed by atoms with Crippen molar-refractivity contribution in [1.29, 1.82) is 0 Å². The highest BCUT2D eigenvalue weighted by Crippen LogP contribution is 2.54. The lowest BCUT2D eigenvalue weighted by molar-refractivity contribution is -0.122. The quantitative estimate of drug-likeness (QED) is 0.662. The van der Waals surface area contributed by atoms with Crippen LogP contribution in [0.5, 0.6) is 0 Å². The number of ether oxygens (including phenoxy) is 1. The van der Waals surface area contributed by atoms with E-state index in [0.29, 0.717) is 30.3 Å². The van der Waals surface area contributed by atoms with E-state index in [1.54, 1.807) is 4.52 Å². The van der Waals surface area contributed by atoms with Crippen molar-refractivity contribution in [3.05, 3.63) is 24.3 Å². The maximum atomic E-state index is 12.1. The van der Waals surface area contributed by atoms with Crippen LogP contribution in [0.15, 0.2) is 18.7 Å². The number of carbonyl (C=O) groups excluding carboxylic acids is 1. The van der Waals surface area contributed by atoms with E-state index in [9.17, 15) is 4.79 Å². The van der Waals surface area contributed by atoms with Crippen molar-refractivity contribution < 1.29 is 9.53 Å². The SMILES string of the molecule is CN(C)CC(=O)NC[C@H]1[C@H]2CN(CCCc3cnc4ncnn4c3)C[C@]23CC[C@H]1O3. The predicted molar refractivity (Wildman–Crippen MR) is 111 cm³/mol.